The zero-order chi connectivity index (χ0) is 31.4. The summed E-state index contributed by atoms with van der Waals surface area (Å²) in [6.07, 6.45) is 6.55. The van der Waals surface area contributed by atoms with Gasteiger partial charge in [-0.3, -0.25) is 0 Å². The molecule has 0 N–H and O–H groups in total. The van der Waals surface area contributed by atoms with Gasteiger partial charge < -0.3 is 4.74 Å². The first kappa shape index (κ1) is 32.7. The molecule has 2 saturated carbocycles. The molecule has 2 aliphatic carbocycles. The van der Waals surface area contributed by atoms with E-state index in [0.29, 0.717) is 34.7 Å². The summed E-state index contributed by atoms with van der Waals surface area (Å²) in [5.41, 5.74) is 2.18. The maximum absolute atomic E-state index is 15.3. The summed E-state index contributed by atoms with van der Waals surface area (Å²) in [6.45, 7) is 2.22. The average Bonchev–Trinajstić information content (AvgIpc) is 3.00. The highest BCUT2D eigenvalue weighted by Gasteiger charge is 2.44. The molecule has 3 aromatic rings. The lowest BCUT2D eigenvalue weighted by molar-refractivity contribution is -0.222. The third kappa shape index (κ3) is 7.58. The summed E-state index contributed by atoms with van der Waals surface area (Å²) < 4.78 is 92.4. The van der Waals surface area contributed by atoms with Crippen molar-refractivity contribution in [2.45, 2.75) is 102 Å². The second kappa shape index (κ2) is 14.2. The third-order valence-electron chi connectivity index (χ3n) is 9.69. The predicted molar refractivity (Wildman–Crippen MR) is 162 cm³/mol. The van der Waals surface area contributed by atoms with Crippen molar-refractivity contribution < 1.29 is 31.1 Å². The van der Waals surface area contributed by atoms with Crippen LogP contribution in [0.2, 0.25) is 5.02 Å². The van der Waals surface area contributed by atoms with E-state index in [2.05, 4.69) is 11.7 Å². The fourth-order valence-electron chi connectivity index (χ4n) is 7.08. The van der Waals surface area contributed by atoms with Crippen LogP contribution in [0.5, 0.6) is 5.75 Å². The van der Waals surface area contributed by atoms with Crippen LogP contribution in [0.1, 0.15) is 107 Å². The van der Waals surface area contributed by atoms with Gasteiger partial charge in [0.05, 0.1) is 5.92 Å². The average molecular weight is 637 g/mol. The van der Waals surface area contributed by atoms with E-state index in [9.17, 15) is 17.6 Å². The van der Waals surface area contributed by atoms with Gasteiger partial charge in [-0.25, -0.2) is 17.6 Å². The Morgan fingerprint density at radius 1 is 0.727 bits per heavy atom. The zero-order valence-corrected chi connectivity index (χ0v) is 25.7. The van der Waals surface area contributed by atoms with Crippen molar-refractivity contribution in [1.29, 1.82) is 0 Å². The van der Waals surface area contributed by atoms with Crippen molar-refractivity contribution in [3.8, 4) is 16.9 Å². The lowest BCUT2D eigenvalue weighted by Gasteiger charge is -2.33. The summed E-state index contributed by atoms with van der Waals surface area (Å²) in [6, 6.07) is 11.2. The number of hydrogen-bond acceptors (Lipinski definition) is 1. The molecule has 44 heavy (non-hydrogen) atoms. The Balaban J connectivity index is 1.18. The van der Waals surface area contributed by atoms with Crippen LogP contribution in [0.4, 0.5) is 26.3 Å². The molecule has 0 aliphatic heterocycles. The van der Waals surface area contributed by atoms with Crippen LogP contribution in [0.3, 0.4) is 0 Å². The molecule has 5 rings (SSSR count). The molecule has 0 spiro atoms. The summed E-state index contributed by atoms with van der Waals surface area (Å²) in [4.78, 5) is 0. The van der Waals surface area contributed by atoms with E-state index in [0.717, 1.165) is 24.3 Å². The maximum atomic E-state index is 15.3. The normalized spacial score (nSPS) is 22.6. The van der Waals surface area contributed by atoms with Crippen LogP contribution < -0.4 is 4.74 Å². The SMILES string of the molecule is CCCCCC1CCC(c2ccc(-c3ccc(C4CCC(C(F)(F)Oc5cc(F)c(Cl)c(F)c5)CC4)c(F)c3)c(F)c2)CC1. The summed E-state index contributed by atoms with van der Waals surface area (Å²) in [7, 11) is 0. The minimum Gasteiger partial charge on any atom is -0.432 e. The third-order valence-corrected chi connectivity index (χ3v) is 10.1. The van der Waals surface area contributed by atoms with E-state index in [-0.39, 0.29) is 37.4 Å². The molecular weight excluding hydrogens is 598 g/mol. The molecule has 0 unspecified atom stereocenters. The van der Waals surface area contributed by atoms with Gasteiger partial charge in [-0.1, -0.05) is 68.5 Å². The van der Waals surface area contributed by atoms with E-state index >= 15 is 8.78 Å². The van der Waals surface area contributed by atoms with E-state index in [1.165, 1.54) is 44.6 Å². The molecule has 0 aromatic heterocycles. The van der Waals surface area contributed by atoms with E-state index < -0.39 is 40.3 Å². The second-order valence-corrected chi connectivity index (χ2v) is 13.0. The molecule has 2 fully saturated rings. The fourth-order valence-corrected chi connectivity index (χ4v) is 7.19. The first-order valence-corrected chi connectivity index (χ1v) is 16.2. The molecule has 8 heteroatoms. The van der Waals surface area contributed by atoms with Gasteiger partial charge in [-0.05, 0) is 97.9 Å². The molecule has 0 heterocycles. The molecule has 0 bridgehead atoms. The highest BCUT2D eigenvalue weighted by molar-refractivity contribution is 6.30. The molecule has 0 amide bonds. The summed E-state index contributed by atoms with van der Waals surface area (Å²) >= 11 is 5.42. The molecule has 238 valence electrons. The zero-order valence-electron chi connectivity index (χ0n) is 25.0. The van der Waals surface area contributed by atoms with Crippen molar-refractivity contribution in [2.75, 3.05) is 0 Å². The monoisotopic (exact) mass is 636 g/mol. The first-order valence-electron chi connectivity index (χ1n) is 15.9. The van der Waals surface area contributed by atoms with Crippen molar-refractivity contribution in [3.63, 3.8) is 0 Å². The van der Waals surface area contributed by atoms with Gasteiger partial charge >= 0.3 is 6.11 Å². The Morgan fingerprint density at radius 2 is 1.39 bits per heavy atom. The standard InChI is InChI=1S/C36H39ClF6O/c1-2-3-4-5-22-6-8-23(9-7-22)25-12-16-30(31(38)18-25)26-13-17-29(32(39)19-26)24-10-14-27(15-11-24)36(42,43)44-28-20-33(40)35(37)34(41)21-28/h12-13,16-24,27H,2-11,14-15H2,1H3. The summed E-state index contributed by atoms with van der Waals surface area (Å²) in [5.74, 6) is -4.26. The Bertz CT molecular complexity index is 1400. The Kier molecular flexibility index (Phi) is 10.5. The molecule has 0 atom stereocenters. The number of rotatable bonds is 10. The Hall–Kier alpha value is -2.67. The number of hydrogen-bond donors (Lipinski definition) is 0. The Morgan fingerprint density at radius 3 is 2.00 bits per heavy atom. The number of ether oxygens (including phenoxy) is 1. The van der Waals surface area contributed by atoms with Gasteiger partial charge in [-0.2, -0.15) is 8.78 Å². The van der Waals surface area contributed by atoms with Crippen molar-refractivity contribution in [3.05, 3.63) is 87.9 Å². The lowest BCUT2D eigenvalue weighted by Crippen LogP contribution is -2.37. The molecule has 1 nitrogen and oxygen atoms in total. The second-order valence-electron chi connectivity index (χ2n) is 12.6. The largest absolute Gasteiger partial charge is 0.432 e. The van der Waals surface area contributed by atoms with Crippen molar-refractivity contribution >= 4 is 11.6 Å². The van der Waals surface area contributed by atoms with Crippen LogP contribution >= 0.6 is 11.6 Å². The maximum Gasteiger partial charge on any atom is 0.400 e. The van der Waals surface area contributed by atoms with Crippen LogP contribution in [-0.2, 0) is 0 Å². The molecule has 2 aliphatic rings. The van der Waals surface area contributed by atoms with Crippen LogP contribution in [0.25, 0.3) is 11.1 Å². The highest BCUT2D eigenvalue weighted by atomic mass is 35.5. The molecular formula is C36H39ClF6O. The first-order chi connectivity index (χ1) is 21.1. The van der Waals surface area contributed by atoms with Crippen LogP contribution in [0.15, 0.2) is 48.5 Å². The van der Waals surface area contributed by atoms with E-state index in [1.807, 2.05) is 6.07 Å². The van der Waals surface area contributed by atoms with Gasteiger partial charge in [0.2, 0.25) is 0 Å². The topological polar surface area (TPSA) is 9.23 Å². The highest BCUT2D eigenvalue weighted by Crippen LogP contribution is 2.45. The van der Waals surface area contributed by atoms with E-state index in [1.54, 1.807) is 24.3 Å². The predicted octanol–water partition coefficient (Wildman–Crippen LogP) is 12.4. The smallest absolute Gasteiger partial charge is 0.400 e. The van der Waals surface area contributed by atoms with E-state index in [4.69, 9.17) is 11.6 Å². The van der Waals surface area contributed by atoms with Crippen LogP contribution in [0, 0.1) is 35.1 Å². The van der Waals surface area contributed by atoms with Crippen molar-refractivity contribution in [1.82, 2.24) is 0 Å². The Labute approximate surface area is 261 Å². The number of alkyl halides is 2. The molecule has 0 saturated heterocycles. The molecule has 3 aromatic carbocycles. The van der Waals surface area contributed by atoms with Gasteiger partial charge in [-0.15, -0.1) is 0 Å². The van der Waals surface area contributed by atoms with Gasteiger partial charge in [0.1, 0.15) is 34.0 Å². The minimum absolute atomic E-state index is 0.0359. The van der Waals surface area contributed by atoms with Gasteiger partial charge in [0, 0.05) is 17.7 Å². The number of unbranched alkanes of at least 4 members (excludes halogenated alkanes) is 2. The van der Waals surface area contributed by atoms with Crippen LogP contribution in [-0.4, -0.2) is 6.11 Å². The lowest BCUT2D eigenvalue weighted by atomic mass is 9.76. The fraction of sp³-hybridized carbons (Fsp3) is 0.500. The van der Waals surface area contributed by atoms with Gasteiger partial charge in [0.25, 0.3) is 0 Å². The number of benzene rings is 3. The minimum atomic E-state index is -3.67. The quantitative estimate of drug-likeness (QED) is 0.122. The van der Waals surface area contributed by atoms with Gasteiger partial charge in [0.15, 0.2) is 0 Å². The number of halogens is 7. The summed E-state index contributed by atoms with van der Waals surface area (Å²) in [5, 5.41) is -0.792. The molecule has 0 radical (unpaired) electrons. The van der Waals surface area contributed by atoms with Crippen molar-refractivity contribution in [2.24, 2.45) is 11.8 Å².